The van der Waals surface area contributed by atoms with E-state index in [0.717, 1.165) is 42.4 Å². The van der Waals surface area contributed by atoms with Gasteiger partial charge in [-0.1, -0.05) is 49.1 Å². The van der Waals surface area contributed by atoms with Crippen LogP contribution in [-0.4, -0.2) is 52.8 Å². The Hall–Kier alpha value is -2.48. The van der Waals surface area contributed by atoms with Gasteiger partial charge in [0.05, 0.1) is 0 Å². The number of alkyl carbamates (subject to hydrolysis) is 1. The monoisotopic (exact) mass is 503 g/mol. The Kier molecular flexibility index (Phi) is 10.7. The third-order valence-electron chi connectivity index (χ3n) is 6.01. The van der Waals surface area contributed by atoms with Crippen molar-refractivity contribution in [1.29, 1.82) is 0 Å². The maximum atomic E-state index is 13.7. The van der Waals surface area contributed by atoms with Crippen LogP contribution in [0.25, 0.3) is 0 Å². The minimum Gasteiger partial charge on any atom is -0.444 e. The Bertz CT molecular complexity index is 906. The molecule has 0 bridgehead atoms. The number of thiol groups is 1. The Balaban J connectivity index is 2.41. The summed E-state index contributed by atoms with van der Waals surface area (Å²) in [6.45, 7) is 13.1. The van der Waals surface area contributed by atoms with Gasteiger partial charge in [-0.15, -0.1) is 6.58 Å². The van der Waals surface area contributed by atoms with Crippen LogP contribution in [0.4, 0.5) is 4.79 Å². The first-order valence-corrected chi connectivity index (χ1v) is 13.0. The fourth-order valence-electron chi connectivity index (χ4n) is 4.41. The van der Waals surface area contributed by atoms with Gasteiger partial charge in [-0.25, -0.2) is 4.79 Å². The van der Waals surface area contributed by atoms with E-state index in [1.54, 1.807) is 26.8 Å². The summed E-state index contributed by atoms with van der Waals surface area (Å²) in [5.41, 5.74) is 2.02. The molecule has 1 fully saturated rings. The van der Waals surface area contributed by atoms with E-state index in [0.29, 0.717) is 0 Å². The minimum absolute atomic E-state index is 0.0512. The van der Waals surface area contributed by atoms with Gasteiger partial charge in [-0.05, 0) is 58.6 Å². The fraction of sp³-hybridized carbons (Fsp3) is 0.593. The lowest BCUT2D eigenvalue weighted by atomic mass is 9.93. The van der Waals surface area contributed by atoms with Crippen LogP contribution >= 0.6 is 12.6 Å². The molecule has 1 aromatic rings. The zero-order valence-electron chi connectivity index (χ0n) is 21.7. The summed E-state index contributed by atoms with van der Waals surface area (Å²) in [4.78, 5) is 41.3. The van der Waals surface area contributed by atoms with Crippen molar-refractivity contribution in [3.63, 3.8) is 0 Å². The molecule has 1 aliphatic rings. The average molecular weight is 504 g/mol. The van der Waals surface area contributed by atoms with Gasteiger partial charge >= 0.3 is 6.09 Å². The number of nitrogens with zero attached hydrogens (tertiary/aromatic N) is 1. The summed E-state index contributed by atoms with van der Waals surface area (Å²) >= 11 is 4.31. The molecule has 3 amide bonds. The molecule has 2 unspecified atom stereocenters. The smallest absolute Gasteiger partial charge is 0.408 e. The van der Waals surface area contributed by atoms with E-state index in [-0.39, 0.29) is 24.2 Å². The van der Waals surface area contributed by atoms with Crippen LogP contribution in [0.15, 0.2) is 30.9 Å². The molecule has 0 aromatic heterocycles. The Morgan fingerprint density at radius 3 is 2.40 bits per heavy atom. The normalized spacial score (nSPS) is 16.1. The van der Waals surface area contributed by atoms with Crippen LogP contribution in [0.3, 0.4) is 0 Å². The van der Waals surface area contributed by atoms with Crippen molar-refractivity contribution >= 4 is 30.5 Å². The van der Waals surface area contributed by atoms with E-state index >= 15 is 0 Å². The molecule has 0 saturated heterocycles. The molecule has 2 atom stereocenters. The van der Waals surface area contributed by atoms with E-state index in [1.165, 1.54) is 11.3 Å². The standard InChI is InChI=1S/C27H41N3O4S/c1-7-15-30(25(32)22(17-35)29-26(33)34-27(4,5)6)23(21-14-13-18(2)16-19(21)3)24(31)28-20-11-9-8-10-12-20/h7,13-14,16,20,22-23,35H,1,8-12,15,17H2,2-6H3,(H,28,31)(H,29,33). The molecule has 8 heteroatoms. The third-order valence-corrected chi connectivity index (χ3v) is 6.38. The fourth-order valence-corrected chi connectivity index (χ4v) is 4.65. The predicted octanol–water partition coefficient (Wildman–Crippen LogP) is 4.63. The molecule has 194 valence electrons. The highest BCUT2D eigenvalue weighted by Gasteiger charge is 2.36. The number of carbonyl (C=O) groups is 3. The second-order valence-corrected chi connectivity index (χ2v) is 10.6. The first kappa shape index (κ1) is 28.8. The Morgan fingerprint density at radius 1 is 1.20 bits per heavy atom. The van der Waals surface area contributed by atoms with Crippen molar-refractivity contribution in [3.05, 3.63) is 47.5 Å². The maximum absolute atomic E-state index is 13.7. The van der Waals surface area contributed by atoms with Crippen molar-refractivity contribution in [3.8, 4) is 0 Å². The van der Waals surface area contributed by atoms with Gasteiger partial charge in [0.15, 0.2) is 0 Å². The number of benzene rings is 1. The maximum Gasteiger partial charge on any atom is 0.408 e. The average Bonchev–Trinajstić information content (AvgIpc) is 2.77. The van der Waals surface area contributed by atoms with Crippen LogP contribution in [0, 0.1) is 13.8 Å². The van der Waals surface area contributed by atoms with Crippen molar-refractivity contribution in [2.75, 3.05) is 12.3 Å². The van der Waals surface area contributed by atoms with Gasteiger partial charge in [0, 0.05) is 18.3 Å². The number of aryl methyl sites for hydroxylation is 2. The van der Waals surface area contributed by atoms with Crippen LogP contribution in [0.5, 0.6) is 0 Å². The summed E-state index contributed by atoms with van der Waals surface area (Å²) < 4.78 is 5.33. The van der Waals surface area contributed by atoms with Crippen LogP contribution in [0.2, 0.25) is 0 Å². The molecular weight excluding hydrogens is 462 g/mol. The lowest BCUT2D eigenvalue weighted by molar-refractivity contribution is -0.141. The van der Waals surface area contributed by atoms with E-state index in [2.05, 4.69) is 29.8 Å². The molecule has 0 radical (unpaired) electrons. The quantitative estimate of drug-likeness (QED) is 0.339. The van der Waals surface area contributed by atoms with Gasteiger partial charge in [0.2, 0.25) is 11.8 Å². The Morgan fingerprint density at radius 2 is 1.86 bits per heavy atom. The molecule has 1 aliphatic carbocycles. The van der Waals surface area contributed by atoms with Crippen molar-refractivity contribution in [2.45, 2.75) is 90.4 Å². The van der Waals surface area contributed by atoms with Crippen LogP contribution in [-0.2, 0) is 14.3 Å². The summed E-state index contributed by atoms with van der Waals surface area (Å²) in [5.74, 6) is -0.598. The lowest BCUT2D eigenvalue weighted by Crippen LogP contribution is -2.54. The first-order valence-electron chi connectivity index (χ1n) is 12.4. The number of carbonyl (C=O) groups excluding carboxylic acids is 3. The molecule has 2 rings (SSSR count). The van der Waals surface area contributed by atoms with Gasteiger partial charge < -0.3 is 20.3 Å². The molecule has 2 N–H and O–H groups in total. The van der Waals surface area contributed by atoms with Gasteiger partial charge in [0.1, 0.15) is 17.7 Å². The third kappa shape index (κ3) is 8.60. The number of amides is 3. The highest BCUT2D eigenvalue weighted by atomic mass is 32.1. The molecular formula is C27H41N3O4S. The SMILES string of the molecule is C=CCN(C(=O)C(CS)NC(=O)OC(C)(C)C)C(C(=O)NC1CCCCC1)c1ccc(C)cc1C. The van der Waals surface area contributed by atoms with Crippen molar-refractivity contribution in [2.24, 2.45) is 0 Å². The van der Waals surface area contributed by atoms with Crippen molar-refractivity contribution in [1.82, 2.24) is 15.5 Å². The minimum atomic E-state index is -0.969. The zero-order chi connectivity index (χ0) is 26.2. The van der Waals surface area contributed by atoms with Crippen molar-refractivity contribution < 1.29 is 19.1 Å². The predicted molar refractivity (Wildman–Crippen MR) is 143 cm³/mol. The number of nitrogens with one attached hydrogen (secondary N) is 2. The molecule has 1 saturated carbocycles. The zero-order valence-corrected chi connectivity index (χ0v) is 22.6. The Labute approximate surface area is 215 Å². The number of ether oxygens (including phenoxy) is 1. The summed E-state index contributed by atoms with van der Waals surface area (Å²) in [6.07, 6.45) is 6.07. The lowest BCUT2D eigenvalue weighted by Gasteiger charge is -2.35. The molecule has 35 heavy (non-hydrogen) atoms. The van der Waals surface area contributed by atoms with E-state index < -0.39 is 29.7 Å². The summed E-state index contributed by atoms with van der Waals surface area (Å²) in [6, 6.07) is 4.09. The molecule has 1 aromatic carbocycles. The number of rotatable bonds is 9. The van der Waals surface area contributed by atoms with Gasteiger partial charge in [0.25, 0.3) is 0 Å². The summed E-state index contributed by atoms with van der Waals surface area (Å²) in [7, 11) is 0. The number of hydrogen-bond acceptors (Lipinski definition) is 5. The summed E-state index contributed by atoms with van der Waals surface area (Å²) in [5, 5.41) is 5.80. The topological polar surface area (TPSA) is 87.7 Å². The highest BCUT2D eigenvalue weighted by molar-refractivity contribution is 7.80. The molecule has 0 heterocycles. The van der Waals surface area contributed by atoms with E-state index in [9.17, 15) is 14.4 Å². The molecule has 0 aliphatic heterocycles. The van der Waals surface area contributed by atoms with Gasteiger partial charge in [-0.2, -0.15) is 12.6 Å². The largest absolute Gasteiger partial charge is 0.444 e. The highest BCUT2D eigenvalue weighted by Crippen LogP contribution is 2.28. The van der Waals surface area contributed by atoms with Crippen LogP contribution < -0.4 is 10.6 Å². The molecule has 0 spiro atoms. The van der Waals surface area contributed by atoms with Gasteiger partial charge in [-0.3, -0.25) is 9.59 Å². The second-order valence-electron chi connectivity index (χ2n) is 10.3. The molecule has 7 nitrogen and oxygen atoms in total. The first-order chi connectivity index (χ1) is 16.5. The number of hydrogen-bond donors (Lipinski definition) is 3. The van der Waals surface area contributed by atoms with Crippen LogP contribution in [0.1, 0.15) is 75.6 Å². The van der Waals surface area contributed by atoms with E-state index in [1.807, 2.05) is 32.0 Å². The van der Waals surface area contributed by atoms with E-state index in [4.69, 9.17) is 4.74 Å². The second kappa shape index (κ2) is 13.0.